The summed E-state index contributed by atoms with van der Waals surface area (Å²) in [6.07, 6.45) is -3.76. The first-order valence-corrected chi connectivity index (χ1v) is 10.4. The van der Waals surface area contributed by atoms with E-state index >= 15 is 0 Å². The molecular weight excluding hydrogens is 424 g/mol. The summed E-state index contributed by atoms with van der Waals surface area (Å²) in [6, 6.07) is 12.7. The monoisotopic (exact) mass is 450 g/mol. The van der Waals surface area contributed by atoms with Gasteiger partial charge < -0.3 is 14.5 Å². The van der Waals surface area contributed by atoms with Crippen molar-refractivity contribution >= 4 is 10.9 Å². The number of aromatic amines is 1. The average Bonchev–Trinajstić information content (AvgIpc) is 3.10. The van der Waals surface area contributed by atoms with Crippen molar-refractivity contribution in [2.75, 3.05) is 20.3 Å². The predicted molar refractivity (Wildman–Crippen MR) is 115 cm³/mol. The van der Waals surface area contributed by atoms with Gasteiger partial charge in [-0.3, -0.25) is 4.90 Å². The van der Waals surface area contributed by atoms with Crippen LogP contribution >= 0.6 is 0 Å². The van der Waals surface area contributed by atoms with Gasteiger partial charge in [-0.05, 0) is 41.5 Å². The second-order valence-electron chi connectivity index (χ2n) is 8.92. The van der Waals surface area contributed by atoms with E-state index in [1.165, 1.54) is 11.6 Å². The van der Waals surface area contributed by atoms with Crippen molar-refractivity contribution in [2.45, 2.75) is 44.7 Å². The third kappa shape index (κ3) is 4.41. The van der Waals surface area contributed by atoms with Crippen LogP contribution in [0, 0.1) is 0 Å². The summed E-state index contributed by atoms with van der Waals surface area (Å²) < 4.78 is 61.4. The molecule has 0 aliphatic carbocycles. The maximum atomic E-state index is 13.2. The predicted octanol–water partition coefficient (Wildman–Crippen LogP) is 5.75. The molecule has 1 aliphatic rings. The Labute approximate surface area is 184 Å². The first-order valence-electron chi connectivity index (χ1n) is 10.4. The molecule has 0 unspecified atom stereocenters. The van der Waals surface area contributed by atoms with E-state index in [0.717, 1.165) is 34.5 Å². The van der Waals surface area contributed by atoms with E-state index in [-0.39, 0.29) is 11.2 Å². The number of halogens is 4. The topological polar surface area (TPSA) is 37.5 Å². The molecule has 2 aromatic carbocycles. The van der Waals surface area contributed by atoms with E-state index in [1.807, 2.05) is 18.2 Å². The Hall–Kier alpha value is -2.74. The van der Waals surface area contributed by atoms with Gasteiger partial charge >= 0.3 is 12.3 Å². The van der Waals surface area contributed by atoms with Gasteiger partial charge in [0.2, 0.25) is 0 Å². The number of fused-ring (bicyclic) bond motifs is 3. The van der Waals surface area contributed by atoms with Gasteiger partial charge in [-0.15, -0.1) is 0 Å². The van der Waals surface area contributed by atoms with Crippen molar-refractivity contribution in [1.29, 1.82) is 0 Å². The van der Waals surface area contributed by atoms with Crippen molar-refractivity contribution in [3.8, 4) is 11.5 Å². The van der Waals surface area contributed by atoms with Crippen LogP contribution in [0.4, 0.5) is 17.6 Å². The van der Waals surface area contributed by atoms with Crippen LogP contribution in [-0.2, 0) is 18.5 Å². The third-order valence-corrected chi connectivity index (χ3v) is 5.82. The lowest BCUT2D eigenvalue weighted by molar-refractivity contribution is -0.148. The van der Waals surface area contributed by atoms with Gasteiger partial charge in [0, 0.05) is 41.6 Å². The number of H-pyrrole nitrogens is 1. The van der Waals surface area contributed by atoms with Crippen molar-refractivity contribution in [1.82, 2.24) is 9.88 Å². The second kappa shape index (κ2) is 8.31. The summed E-state index contributed by atoms with van der Waals surface area (Å²) in [5.41, 5.74) is 4.19. The molecule has 32 heavy (non-hydrogen) atoms. The number of nitrogens with one attached hydrogen (secondary N) is 1. The van der Waals surface area contributed by atoms with Crippen LogP contribution in [0.2, 0.25) is 0 Å². The molecule has 4 rings (SSSR count). The Kier molecular flexibility index (Phi) is 5.83. The summed E-state index contributed by atoms with van der Waals surface area (Å²) >= 11 is 0. The van der Waals surface area contributed by atoms with Gasteiger partial charge in [0.05, 0.1) is 7.11 Å². The summed E-state index contributed by atoms with van der Waals surface area (Å²) in [4.78, 5) is 5.79. The highest BCUT2D eigenvalue weighted by Crippen LogP contribution is 2.40. The molecule has 3 aromatic rings. The molecule has 1 aliphatic heterocycles. The highest BCUT2D eigenvalue weighted by molar-refractivity contribution is 5.87. The molecule has 1 N–H and O–H groups in total. The lowest BCUT2D eigenvalue weighted by Gasteiger charge is -2.38. The van der Waals surface area contributed by atoms with E-state index in [4.69, 9.17) is 9.47 Å². The lowest BCUT2D eigenvalue weighted by Crippen LogP contribution is -2.41. The van der Waals surface area contributed by atoms with Crippen molar-refractivity contribution in [3.63, 3.8) is 0 Å². The molecule has 0 spiro atoms. The van der Waals surface area contributed by atoms with Crippen molar-refractivity contribution < 1.29 is 27.0 Å². The number of benzene rings is 2. The van der Waals surface area contributed by atoms with E-state index < -0.39 is 19.0 Å². The smallest absolute Gasteiger partial charge is 0.340 e. The van der Waals surface area contributed by atoms with E-state index in [1.54, 1.807) is 19.2 Å². The van der Waals surface area contributed by atoms with E-state index in [9.17, 15) is 17.6 Å². The van der Waals surface area contributed by atoms with Gasteiger partial charge in [-0.2, -0.15) is 8.78 Å². The zero-order chi connectivity index (χ0) is 23.1. The second-order valence-corrected chi connectivity index (χ2v) is 8.92. The summed E-state index contributed by atoms with van der Waals surface area (Å²) in [7, 11) is 1.65. The van der Waals surface area contributed by atoms with Crippen LogP contribution in [-0.4, -0.2) is 42.5 Å². The number of ether oxygens (including phenoxy) is 2. The number of rotatable bonds is 7. The van der Waals surface area contributed by atoms with Crippen LogP contribution in [0.1, 0.15) is 30.7 Å². The molecule has 8 heteroatoms. The third-order valence-electron chi connectivity index (χ3n) is 5.82. The molecule has 0 amide bonds. The first-order chi connectivity index (χ1) is 15.1. The Morgan fingerprint density at radius 2 is 1.91 bits per heavy atom. The summed E-state index contributed by atoms with van der Waals surface area (Å²) in [5, 5.41) is 1.15. The molecule has 0 radical (unpaired) electrons. The number of hydrogen-bond donors (Lipinski definition) is 1. The molecule has 1 aromatic heterocycles. The zero-order valence-electron chi connectivity index (χ0n) is 18.2. The number of hydrogen-bond acceptors (Lipinski definition) is 3. The number of aromatic nitrogens is 1. The molecule has 172 valence electrons. The Bertz CT molecular complexity index is 1110. The minimum absolute atomic E-state index is 0.133. The largest absolute Gasteiger partial charge is 0.497 e. The maximum Gasteiger partial charge on any atom is 0.340 e. The van der Waals surface area contributed by atoms with Gasteiger partial charge in [0.25, 0.3) is 0 Å². The fourth-order valence-corrected chi connectivity index (χ4v) is 4.51. The SMILES string of the molecule is COc1ccc2[nH]c3c(c2c1)C(C)(C)CN(Cc1cccc(OCC(F)(F)C(F)F)c1)C3. The number of methoxy groups -OCH3 is 1. The van der Waals surface area contributed by atoms with Crippen LogP contribution < -0.4 is 9.47 Å². The Morgan fingerprint density at radius 3 is 2.62 bits per heavy atom. The highest BCUT2D eigenvalue weighted by atomic mass is 19.3. The fraction of sp³-hybridized carbons (Fsp3) is 0.417. The molecule has 0 saturated heterocycles. The Morgan fingerprint density at radius 1 is 1.12 bits per heavy atom. The quantitative estimate of drug-likeness (QED) is 0.466. The standard InChI is InChI=1S/C24H26F4N2O2/c1-23(2)13-30(12-20-21(23)18-10-16(31-3)7-8-19(18)29-20)11-15-5-4-6-17(9-15)32-14-24(27,28)22(25)26/h4-10,22,29H,11-14H2,1-3H3. The fourth-order valence-electron chi connectivity index (χ4n) is 4.51. The molecule has 0 fully saturated rings. The maximum absolute atomic E-state index is 13.2. The van der Waals surface area contributed by atoms with Crippen LogP contribution in [0.5, 0.6) is 11.5 Å². The molecule has 0 bridgehead atoms. The number of nitrogens with zero attached hydrogens (tertiary/aromatic N) is 1. The summed E-state index contributed by atoms with van der Waals surface area (Å²) in [6.45, 7) is 5.09. The molecular formula is C24H26F4N2O2. The van der Waals surface area contributed by atoms with Crippen LogP contribution in [0.25, 0.3) is 10.9 Å². The summed E-state index contributed by atoms with van der Waals surface area (Å²) in [5.74, 6) is -3.22. The molecule has 2 heterocycles. The zero-order valence-corrected chi connectivity index (χ0v) is 18.2. The lowest BCUT2D eigenvalue weighted by atomic mass is 9.79. The van der Waals surface area contributed by atoms with Crippen LogP contribution in [0.15, 0.2) is 42.5 Å². The number of alkyl halides is 4. The minimum Gasteiger partial charge on any atom is -0.497 e. The minimum atomic E-state index is -4.18. The van der Waals surface area contributed by atoms with Gasteiger partial charge in [0.15, 0.2) is 6.61 Å². The first kappa shape index (κ1) is 22.5. The molecule has 0 atom stereocenters. The van der Waals surface area contributed by atoms with E-state index in [2.05, 4.69) is 29.8 Å². The van der Waals surface area contributed by atoms with Gasteiger partial charge in [0.1, 0.15) is 11.5 Å². The highest BCUT2D eigenvalue weighted by Gasteiger charge is 2.41. The van der Waals surface area contributed by atoms with Gasteiger partial charge in [-0.1, -0.05) is 26.0 Å². The molecule has 4 nitrogen and oxygen atoms in total. The Balaban J connectivity index is 1.52. The van der Waals surface area contributed by atoms with Gasteiger partial charge in [-0.25, -0.2) is 8.78 Å². The van der Waals surface area contributed by atoms with E-state index in [0.29, 0.717) is 13.1 Å². The van der Waals surface area contributed by atoms with Crippen molar-refractivity contribution in [2.24, 2.45) is 0 Å². The normalized spacial score (nSPS) is 16.4. The molecule has 0 saturated carbocycles. The van der Waals surface area contributed by atoms with Crippen molar-refractivity contribution in [3.05, 3.63) is 59.3 Å². The average molecular weight is 450 g/mol. The van der Waals surface area contributed by atoms with Crippen LogP contribution in [0.3, 0.4) is 0 Å².